The number of piperidine rings is 1. The van der Waals surface area contributed by atoms with Crippen molar-refractivity contribution in [3.05, 3.63) is 56.7 Å². The second-order valence-corrected chi connectivity index (χ2v) is 7.32. The van der Waals surface area contributed by atoms with Gasteiger partial charge in [0.1, 0.15) is 5.82 Å². The minimum atomic E-state index is -0.165. The second-order valence-electron chi connectivity index (χ2n) is 6.54. The molecule has 1 saturated heterocycles. The van der Waals surface area contributed by atoms with E-state index in [-0.39, 0.29) is 17.4 Å². The van der Waals surface area contributed by atoms with Crippen LogP contribution in [0.4, 0.5) is 0 Å². The van der Waals surface area contributed by atoms with Gasteiger partial charge >= 0.3 is 0 Å². The number of H-pyrrole nitrogens is 2. The number of aromatic amines is 2. The Morgan fingerprint density at radius 3 is 3.00 bits per heavy atom. The lowest BCUT2D eigenvalue weighted by atomic mass is 9.94. The zero-order chi connectivity index (χ0) is 18.1. The molecule has 26 heavy (non-hydrogen) atoms. The topological polar surface area (TPSA) is 94.7 Å². The average Bonchev–Trinajstić information content (AvgIpc) is 3.32. The molecular weight excluding hydrogens is 350 g/mol. The first-order valence-corrected chi connectivity index (χ1v) is 9.49. The standard InChI is InChI=1S/C18H19N5O2S/c1-11-8-19-17(20-11)18(25)23-5-2-3-12(9-23)14-7-15(24)22-16(21-14)13-4-6-26-10-13/h4,6-8,10,12H,2-3,5,9H2,1H3,(H,19,20)(H,21,22,24). The van der Waals surface area contributed by atoms with Gasteiger partial charge in [-0.3, -0.25) is 9.59 Å². The molecule has 2 N–H and O–H groups in total. The number of aromatic nitrogens is 4. The summed E-state index contributed by atoms with van der Waals surface area (Å²) >= 11 is 1.56. The van der Waals surface area contributed by atoms with Crippen LogP contribution in [-0.2, 0) is 0 Å². The van der Waals surface area contributed by atoms with Crippen molar-refractivity contribution in [1.82, 2.24) is 24.8 Å². The van der Waals surface area contributed by atoms with Gasteiger partial charge in [-0.2, -0.15) is 11.3 Å². The highest BCUT2D eigenvalue weighted by Crippen LogP contribution is 2.27. The van der Waals surface area contributed by atoms with Gasteiger partial charge in [0.25, 0.3) is 11.5 Å². The summed E-state index contributed by atoms with van der Waals surface area (Å²) in [4.78, 5) is 41.1. The van der Waals surface area contributed by atoms with Gasteiger partial charge in [0.2, 0.25) is 0 Å². The van der Waals surface area contributed by atoms with Crippen molar-refractivity contribution in [3.63, 3.8) is 0 Å². The van der Waals surface area contributed by atoms with Crippen LogP contribution in [0.15, 0.2) is 33.9 Å². The molecule has 1 amide bonds. The number of thiophene rings is 1. The van der Waals surface area contributed by atoms with Crippen LogP contribution in [0.2, 0.25) is 0 Å². The summed E-state index contributed by atoms with van der Waals surface area (Å²) in [5, 5.41) is 3.91. The van der Waals surface area contributed by atoms with Crippen LogP contribution in [-0.4, -0.2) is 43.8 Å². The maximum atomic E-state index is 12.7. The molecule has 3 aromatic heterocycles. The van der Waals surface area contributed by atoms with Gasteiger partial charge in [0.05, 0.1) is 5.69 Å². The predicted molar refractivity (Wildman–Crippen MR) is 99.4 cm³/mol. The number of carbonyl (C=O) groups is 1. The molecule has 0 aromatic carbocycles. The number of hydrogen-bond donors (Lipinski definition) is 2. The van der Waals surface area contributed by atoms with Crippen LogP contribution < -0.4 is 5.56 Å². The second kappa shape index (κ2) is 6.87. The number of likely N-dealkylation sites (tertiary alicyclic amines) is 1. The summed E-state index contributed by atoms with van der Waals surface area (Å²) in [5.41, 5.74) is 2.34. The number of rotatable bonds is 3. The minimum Gasteiger partial charge on any atom is -0.338 e. The highest BCUT2D eigenvalue weighted by Gasteiger charge is 2.28. The van der Waals surface area contributed by atoms with Gasteiger partial charge in [-0.1, -0.05) is 0 Å². The van der Waals surface area contributed by atoms with Gasteiger partial charge in [-0.25, -0.2) is 9.97 Å². The molecular formula is C18H19N5O2S. The molecule has 8 heteroatoms. The van der Waals surface area contributed by atoms with Gasteiger partial charge in [0, 0.05) is 47.9 Å². The summed E-state index contributed by atoms with van der Waals surface area (Å²) in [6.07, 6.45) is 3.43. The van der Waals surface area contributed by atoms with E-state index in [1.165, 1.54) is 0 Å². The third-order valence-electron chi connectivity index (χ3n) is 4.59. The molecule has 0 radical (unpaired) electrons. The van der Waals surface area contributed by atoms with Crippen molar-refractivity contribution in [1.29, 1.82) is 0 Å². The molecule has 0 bridgehead atoms. The van der Waals surface area contributed by atoms with E-state index < -0.39 is 0 Å². The van der Waals surface area contributed by atoms with E-state index in [0.717, 1.165) is 29.8 Å². The van der Waals surface area contributed by atoms with Crippen LogP contribution >= 0.6 is 11.3 Å². The lowest BCUT2D eigenvalue weighted by Crippen LogP contribution is -2.40. The summed E-state index contributed by atoms with van der Waals surface area (Å²) in [5.74, 6) is 0.883. The Balaban J connectivity index is 1.58. The molecule has 1 unspecified atom stereocenters. The zero-order valence-corrected chi connectivity index (χ0v) is 15.2. The Hall–Kier alpha value is -2.74. The third-order valence-corrected chi connectivity index (χ3v) is 5.27. The van der Waals surface area contributed by atoms with E-state index in [4.69, 9.17) is 0 Å². The van der Waals surface area contributed by atoms with Crippen molar-refractivity contribution in [2.24, 2.45) is 0 Å². The smallest absolute Gasteiger partial charge is 0.289 e. The fourth-order valence-electron chi connectivity index (χ4n) is 3.30. The lowest BCUT2D eigenvalue weighted by Gasteiger charge is -2.32. The highest BCUT2D eigenvalue weighted by molar-refractivity contribution is 7.08. The van der Waals surface area contributed by atoms with Gasteiger partial charge in [-0.15, -0.1) is 0 Å². The van der Waals surface area contributed by atoms with Crippen molar-refractivity contribution < 1.29 is 4.79 Å². The number of hydrogen-bond acceptors (Lipinski definition) is 5. The lowest BCUT2D eigenvalue weighted by molar-refractivity contribution is 0.0694. The number of aryl methyl sites for hydroxylation is 1. The van der Waals surface area contributed by atoms with Crippen molar-refractivity contribution in [2.75, 3.05) is 13.1 Å². The Morgan fingerprint density at radius 1 is 1.38 bits per heavy atom. The molecule has 4 heterocycles. The molecule has 4 rings (SSSR count). The van der Waals surface area contributed by atoms with Crippen LogP contribution in [0.25, 0.3) is 11.4 Å². The minimum absolute atomic E-state index is 0.0449. The molecule has 7 nitrogen and oxygen atoms in total. The van der Waals surface area contributed by atoms with E-state index in [2.05, 4.69) is 19.9 Å². The van der Waals surface area contributed by atoms with E-state index in [1.807, 2.05) is 23.8 Å². The molecule has 1 aliphatic rings. The number of nitrogens with zero attached hydrogens (tertiary/aromatic N) is 3. The largest absolute Gasteiger partial charge is 0.338 e. The Bertz CT molecular complexity index is 976. The molecule has 1 atom stereocenters. The van der Waals surface area contributed by atoms with Crippen LogP contribution in [0.1, 0.15) is 40.8 Å². The summed E-state index contributed by atoms with van der Waals surface area (Å²) < 4.78 is 0. The number of amides is 1. The van der Waals surface area contributed by atoms with Gasteiger partial charge < -0.3 is 14.9 Å². The highest BCUT2D eigenvalue weighted by atomic mass is 32.1. The predicted octanol–water partition coefficient (Wildman–Crippen LogP) is 2.55. The molecule has 134 valence electrons. The maximum absolute atomic E-state index is 12.7. The number of imidazole rings is 1. The first kappa shape index (κ1) is 16.7. The number of carbonyl (C=O) groups excluding carboxylic acids is 1. The van der Waals surface area contributed by atoms with Crippen molar-refractivity contribution in [2.45, 2.75) is 25.7 Å². The normalized spacial score (nSPS) is 17.4. The summed E-state index contributed by atoms with van der Waals surface area (Å²) in [7, 11) is 0. The quantitative estimate of drug-likeness (QED) is 0.742. The van der Waals surface area contributed by atoms with Gasteiger partial charge in [0.15, 0.2) is 5.82 Å². The Labute approximate surface area is 154 Å². The molecule has 3 aromatic rings. The summed E-state index contributed by atoms with van der Waals surface area (Å²) in [6.45, 7) is 3.10. The third kappa shape index (κ3) is 3.32. The molecule has 0 aliphatic carbocycles. The first-order valence-electron chi connectivity index (χ1n) is 8.55. The van der Waals surface area contributed by atoms with E-state index in [9.17, 15) is 9.59 Å². The van der Waals surface area contributed by atoms with Crippen LogP contribution in [0.5, 0.6) is 0 Å². The molecule has 0 saturated carbocycles. The zero-order valence-electron chi connectivity index (χ0n) is 14.4. The van der Waals surface area contributed by atoms with E-state index >= 15 is 0 Å². The summed E-state index contributed by atoms with van der Waals surface area (Å²) in [6, 6.07) is 3.48. The average molecular weight is 369 g/mol. The van der Waals surface area contributed by atoms with Crippen molar-refractivity contribution >= 4 is 17.2 Å². The first-order chi connectivity index (χ1) is 12.6. The van der Waals surface area contributed by atoms with Crippen LogP contribution in [0, 0.1) is 6.92 Å². The fourth-order valence-corrected chi connectivity index (χ4v) is 3.94. The molecule has 1 fully saturated rings. The van der Waals surface area contributed by atoms with E-state index in [0.29, 0.717) is 24.7 Å². The van der Waals surface area contributed by atoms with E-state index in [1.54, 1.807) is 28.5 Å². The Morgan fingerprint density at radius 2 is 2.27 bits per heavy atom. The maximum Gasteiger partial charge on any atom is 0.289 e. The fraction of sp³-hybridized carbons (Fsp3) is 0.333. The van der Waals surface area contributed by atoms with Crippen molar-refractivity contribution in [3.8, 4) is 11.4 Å². The SMILES string of the molecule is Cc1cnc(C(=O)N2CCCC(c3cc(=O)[nH]c(-c4ccsc4)n3)C2)[nH]1. The number of nitrogens with one attached hydrogen (secondary N) is 2. The van der Waals surface area contributed by atoms with Gasteiger partial charge in [-0.05, 0) is 31.2 Å². The molecule has 0 spiro atoms. The molecule has 1 aliphatic heterocycles. The Kier molecular flexibility index (Phi) is 4.42. The monoisotopic (exact) mass is 369 g/mol. The van der Waals surface area contributed by atoms with Crippen LogP contribution in [0.3, 0.4) is 0 Å².